The van der Waals surface area contributed by atoms with Crippen LogP contribution in [0.25, 0.3) is 0 Å². The van der Waals surface area contributed by atoms with E-state index >= 15 is 8.78 Å². The molecule has 0 aromatic heterocycles. The maximum absolute atomic E-state index is 15.0. The van der Waals surface area contributed by atoms with Gasteiger partial charge in [0.1, 0.15) is 24.7 Å². The predicted octanol–water partition coefficient (Wildman–Crippen LogP) is 7.78. The Morgan fingerprint density at radius 3 is 1.94 bits per heavy atom. The van der Waals surface area contributed by atoms with E-state index in [4.69, 9.17) is 0 Å². The number of rotatable bonds is 6. The molecule has 4 aliphatic rings. The van der Waals surface area contributed by atoms with Crippen LogP contribution in [0.2, 0.25) is 0 Å². The zero-order chi connectivity index (χ0) is 23.5. The molecule has 4 fully saturated rings. The van der Waals surface area contributed by atoms with E-state index in [0.29, 0.717) is 17.8 Å². The average Bonchev–Trinajstić information content (AvgIpc) is 2.83. The highest BCUT2D eigenvalue weighted by atomic mass is 19.2. The number of halogens is 4. The van der Waals surface area contributed by atoms with Crippen LogP contribution in [0.4, 0.5) is 17.6 Å². The van der Waals surface area contributed by atoms with Crippen molar-refractivity contribution in [1.29, 1.82) is 0 Å². The molecule has 3 saturated carbocycles. The van der Waals surface area contributed by atoms with Gasteiger partial charge in [0.2, 0.25) is 0 Å². The SMILES string of the molecule is CCC1CCC(C2CCC(CCC3CCC(C4CCC(C)CN4)C(F)C3F)CC2)C(F)[C@H]1F. The lowest BCUT2D eigenvalue weighted by Gasteiger charge is -2.42. The van der Waals surface area contributed by atoms with Gasteiger partial charge in [0.15, 0.2) is 0 Å². The van der Waals surface area contributed by atoms with Crippen LogP contribution in [-0.2, 0) is 0 Å². The number of piperidine rings is 1. The molecule has 0 bridgehead atoms. The molecule has 0 amide bonds. The molecule has 1 nitrogen and oxygen atoms in total. The Kier molecular flexibility index (Phi) is 9.06. The van der Waals surface area contributed by atoms with Gasteiger partial charge < -0.3 is 5.32 Å². The van der Waals surface area contributed by atoms with Crippen LogP contribution in [0.3, 0.4) is 0 Å². The van der Waals surface area contributed by atoms with Crippen LogP contribution in [0.5, 0.6) is 0 Å². The van der Waals surface area contributed by atoms with Crippen molar-refractivity contribution in [1.82, 2.24) is 5.32 Å². The highest BCUT2D eigenvalue weighted by Gasteiger charge is 2.45. The minimum atomic E-state index is -1.33. The van der Waals surface area contributed by atoms with Crippen molar-refractivity contribution < 1.29 is 17.6 Å². The topological polar surface area (TPSA) is 12.0 Å². The Morgan fingerprint density at radius 2 is 1.27 bits per heavy atom. The van der Waals surface area contributed by atoms with Gasteiger partial charge in [-0.3, -0.25) is 0 Å². The molecule has 5 heteroatoms. The minimum Gasteiger partial charge on any atom is -0.313 e. The fourth-order valence-electron chi connectivity index (χ4n) is 7.83. The summed E-state index contributed by atoms with van der Waals surface area (Å²) in [6.45, 7) is 5.09. The Hall–Kier alpha value is -0.320. The summed E-state index contributed by atoms with van der Waals surface area (Å²) in [5.41, 5.74) is 0. The third-order valence-electron chi connectivity index (χ3n) is 10.3. The van der Waals surface area contributed by atoms with Crippen molar-refractivity contribution in [3.63, 3.8) is 0 Å². The lowest BCUT2D eigenvalue weighted by molar-refractivity contribution is -0.0152. The summed E-state index contributed by atoms with van der Waals surface area (Å²) in [6, 6.07) is 0.140. The van der Waals surface area contributed by atoms with Crippen LogP contribution in [0.15, 0.2) is 0 Å². The summed E-state index contributed by atoms with van der Waals surface area (Å²) in [5.74, 6) is 0.936. The third-order valence-corrected chi connectivity index (χ3v) is 10.3. The molecule has 3 aliphatic carbocycles. The summed E-state index contributed by atoms with van der Waals surface area (Å²) in [6.07, 6.45) is 6.58. The van der Waals surface area contributed by atoms with Crippen molar-refractivity contribution in [2.45, 2.75) is 128 Å². The molecule has 9 unspecified atom stereocenters. The number of nitrogens with one attached hydrogen (secondary N) is 1. The van der Waals surface area contributed by atoms with Gasteiger partial charge in [0.25, 0.3) is 0 Å². The minimum absolute atomic E-state index is 0.104. The standard InChI is InChI=1S/C28H47F4N/c1-3-19-11-13-22(27(31)25(19)29)20-8-5-18(6-9-20)7-10-21-12-14-23(28(32)26(21)30)24-15-4-17(2)16-33-24/h17-28,33H,3-16H2,1-2H3/t17?,18?,19?,20?,21?,22?,23?,24?,25-,26?,27?,28?/m0/s1. The average molecular weight is 474 g/mol. The number of hydrogen-bond donors (Lipinski definition) is 1. The van der Waals surface area contributed by atoms with Gasteiger partial charge in [-0.25, -0.2) is 17.6 Å². The van der Waals surface area contributed by atoms with Gasteiger partial charge in [0.05, 0.1) is 0 Å². The van der Waals surface area contributed by atoms with Crippen LogP contribution in [0, 0.1) is 41.4 Å². The lowest BCUT2D eigenvalue weighted by atomic mass is 9.66. The van der Waals surface area contributed by atoms with E-state index in [1.807, 2.05) is 6.92 Å². The second-order valence-electron chi connectivity index (χ2n) is 12.2. The van der Waals surface area contributed by atoms with E-state index in [1.165, 1.54) is 0 Å². The lowest BCUT2D eigenvalue weighted by Crippen LogP contribution is -2.51. The molecule has 10 atom stereocenters. The predicted molar refractivity (Wildman–Crippen MR) is 127 cm³/mol. The molecular weight excluding hydrogens is 426 g/mol. The number of alkyl halides is 4. The molecule has 0 spiro atoms. The van der Waals surface area contributed by atoms with E-state index in [1.54, 1.807) is 0 Å². The molecule has 0 radical (unpaired) electrons. The number of hydrogen-bond acceptors (Lipinski definition) is 1. The molecule has 1 N–H and O–H groups in total. The molecular formula is C28H47F4N. The Bertz CT molecular complexity index is 586. The Balaban J connectivity index is 1.19. The summed E-state index contributed by atoms with van der Waals surface area (Å²) in [5, 5.41) is 3.47. The fourth-order valence-corrected chi connectivity index (χ4v) is 7.83. The highest BCUT2D eigenvalue weighted by molar-refractivity contribution is 4.96. The molecule has 1 heterocycles. The van der Waals surface area contributed by atoms with Crippen LogP contribution < -0.4 is 5.32 Å². The molecule has 1 saturated heterocycles. The molecule has 192 valence electrons. The maximum Gasteiger partial charge on any atom is 0.136 e. The van der Waals surface area contributed by atoms with Gasteiger partial charge in [0, 0.05) is 12.0 Å². The van der Waals surface area contributed by atoms with Crippen LogP contribution in [0.1, 0.15) is 97.3 Å². The summed E-state index contributed by atoms with van der Waals surface area (Å²) >= 11 is 0. The summed E-state index contributed by atoms with van der Waals surface area (Å²) in [7, 11) is 0. The van der Waals surface area contributed by atoms with Crippen molar-refractivity contribution in [3.8, 4) is 0 Å². The van der Waals surface area contributed by atoms with E-state index < -0.39 is 24.7 Å². The largest absolute Gasteiger partial charge is 0.313 e. The van der Waals surface area contributed by atoms with Gasteiger partial charge in [-0.05, 0) is 99.8 Å². The summed E-state index contributed by atoms with van der Waals surface area (Å²) in [4.78, 5) is 0. The molecule has 1 aliphatic heterocycles. The first-order chi connectivity index (χ1) is 15.9. The smallest absolute Gasteiger partial charge is 0.136 e. The van der Waals surface area contributed by atoms with E-state index in [-0.39, 0.29) is 29.7 Å². The fraction of sp³-hybridized carbons (Fsp3) is 1.00. The van der Waals surface area contributed by atoms with E-state index in [2.05, 4.69) is 12.2 Å². The van der Waals surface area contributed by atoms with Gasteiger partial charge in [-0.1, -0.05) is 39.5 Å². The molecule has 33 heavy (non-hydrogen) atoms. The maximum atomic E-state index is 15.0. The third kappa shape index (κ3) is 5.92. The van der Waals surface area contributed by atoms with Crippen LogP contribution in [-0.4, -0.2) is 37.3 Å². The second kappa shape index (κ2) is 11.6. The quantitative estimate of drug-likeness (QED) is 0.388. The Labute approximate surface area is 199 Å². The first-order valence-electron chi connectivity index (χ1n) is 14.2. The first-order valence-corrected chi connectivity index (χ1v) is 14.2. The normalized spacial score (nSPS) is 49.6. The van der Waals surface area contributed by atoms with Crippen molar-refractivity contribution in [2.24, 2.45) is 41.4 Å². The molecule has 0 aromatic carbocycles. The van der Waals surface area contributed by atoms with Crippen molar-refractivity contribution in [2.75, 3.05) is 6.54 Å². The monoisotopic (exact) mass is 473 g/mol. The van der Waals surface area contributed by atoms with Gasteiger partial charge in [-0.15, -0.1) is 0 Å². The summed E-state index contributed by atoms with van der Waals surface area (Å²) < 4.78 is 59.3. The first kappa shape index (κ1) is 25.8. The van der Waals surface area contributed by atoms with Gasteiger partial charge in [-0.2, -0.15) is 0 Å². The van der Waals surface area contributed by atoms with E-state index in [9.17, 15) is 8.78 Å². The highest BCUT2D eigenvalue weighted by Crippen LogP contribution is 2.46. The second-order valence-corrected chi connectivity index (χ2v) is 12.2. The van der Waals surface area contributed by atoms with Crippen LogP contribution >= 0.6 is 0 Å². The van der Waals surface area contributed by atoms with Crippen molar-refractivity contribution >= 4 is 0 Å². The molecule has 4 rings (SSSR count). The van der Waals surface area contributed by atoms with E-state index in [0.717, 1.165) is 90.0 Å². The van der Waals surface area contributed by atoms with Gasteiger partial charge >= 0.3 is 0 Å². The zero-order valence-electron chi connectivity index (χ0n) is 20.8. The molecule has 0 aromatic rings. The Morgan fingerprint density at radius 1 is 0.636 bits per heavy atom. The zero-order valence-corrected chi connectivity index (χ0v) is 20.8. The van der Waals surface area contributed by atoms with Crippen molar-refractivity contribution in [3.05, 3.63) is 0 Å².